The summed E-state index contributed by atoms with van der Waals surface area (Å²) in [6.45, 7) is 6.05. The maximum Gasteiger partial charge on any atom is 0.190 e. The molecule has 0 spiro atoms. The molecule has 1 heterocycles. The zero-order valence-electron chi connectivity index (χ0n) is 16.9. The average Bonchev–Trinajstić information content (AvgIpc) is 2.70. The third-order valence-electron chi connectivity index (χ3n) is 4.97. The predicted octanol–water partition coefficient (Wildman–Crippen LogP) is 2.38. The van der Waals surface area contributed by atoms with E-state index < -0.39 is 0 Å². The standard InChI is InChI=1S/C20H34N4O2.HI/c1-21-20(22-11-8-17-4-6-19(26-3)7-5-17)23-16-18-9-12-24(13-10-18)14-15-25-2;/h4-7,18H,8-16H2,1-3H3,(H2,21,22,23);1H. The molecule has 0 bridgehead atoms. The van der Waals surface area contributed by atoms with Gasteiger partial charge in [0.1, 0.15) is 5.75 Å². The molecule has 1 fully saturated rings. The van der Waals surface area contributed by atoms with Crippen LogP contribution < -0.4 is 15.4 Å². The number of hydrogen-bond acceptors (Lipinski definition) is 4. The Labute approximate surface area is 181 Å². The van der Waals surface area contributed by atoms with Gasteiger partial charge in [-0.1, -0.05) is 12.1 Å². The molecule has 1 aromatic carbocycles. The number of methoxy groups -OCH3 is 2. The molecule has 154 valence electrons. The third kappa shape index (κ3) is 9.12. The second-order valence-electron chi connectivity index (χ2n) is 6.76. The van der Waals surface area contributed by atoms with E-state index in [2.05, 4.69) is 32.7 Å². The first-order valence-electron chi connectivity index (χ1n) is 9.54. The fourth-order valence-corrected chi connectivity index (χ4v) is 3.21. The van der Waals surface area contributed by atoms with Gasteiger partial charge in [0.2, 0.25) is 0 Å². The van der Waals surface area contributed by atoms with E-state index in [0.717, 1.165) is 44.4 Å². The normalized spacial score (nSPS) is 15.9. The van der Waals surface area contributed by atoms with Crippen molar-refractivity contribution in [1.82, 2.24) is 15.5 Å². The second-order valence-corrected chi connectivity index (χ2v) is 6.76. The van der Waals surface area contributed by atoms with Crippen molar-refractivity contribution in [3.8, 4) is 5.75 Å². The minimum absolute atomic E-state index is 0. The molecule has 0 saturated carbocycles. The highest BCUT2D eigenvalue weighted by Gasteiger charge is 2.18. The van der Waals surface area contributed by atoms with E-state index in [1.807, 2.05) is 19.2 Å². The van der Waals surface area contributed by atoms with Crippen LogP contribution in [0.1, 0.15) is 18.4 Å². The summed E-state index contributed by atoms with van der Waals surface area (Å²) in [5.74, 6) is 2.50. The summed E-state index contributed by atoms with van der Waals surface area (Å²) in [5, 5.41) is 6.88. The second kappa shape index (κ2) is 14.0. The van der Waals surface area contributed by atoms with E-state index >= 15 is 0 Å². The van der Waals surface area contributed by atoms with Gasteiger partial charge in [0.05, 0.1) is 13.7 Å². The van der Waals surface area contributed by atoms with Crippen LogP contribution in [0.2, 0.25) is 0 Å². The number of likely N-dealkylation sites (tertiary alicyclic amines) is 1. The number of aliphatic imine (C=N–C) groups is 1. The molecule has 7 heteroatoms. The van der Waals surface area contributed by atoms with Gasteiger partial charge in [-0.25, -0.2) is 0 Å². The molecule has 0 atom stereocenters. The smallest absolute Gasteiger partial charge is 0.190 e. The molecule has 1 aliphatic heterocycles. The molecule has 1 aliphatic rings. The van der Waals surface area contributed by atoms with Crippen molar-refractivity contribution < 1.29 is 9.47 Å². The van der Waals surface area contributed by atoms with Gasteiger partial charge in [0.15, 0.2) is 5.96 Å². The van der Waals surface area contributed by atoms with Crippen LogP contribution in [0, 0.1) is 5.92 Å². The van der Waals surface area contributed by atoms with Gasteiger partial charge < -0.3 is 25.0 Å². The Bertz CT molecular complexity index is 531. The molecule has 0 aliphatic carbocycles. The van der Waals surface area contributed by atoms with E-state index in [1.54, 1.807) is 14.2 Å². The van der Waals surface area contributed by atoms with Gasteiger partial charge in [-0.3, -0.25) is 4.99 Å². The molecule has 27 heavy (non-hydrogen) atoms. The van der Waals surface area contributed by atoms with Crippen molar-refractivity contribution in [2.75, 3.05) is 60.6 Å². The topological polar surface area (TPSA) is 58.1 Å². The maximum atomic E-state index is 5.19. The Kier molecular flexibility index (Phi) is 12.4. The predicted molar refractivity (Wildman–Crippen MR) is 123 cm³/mol. The highest BCUT2D eigenvalue weighted by Crippen LogP contribution is 2.16. The molecular weight excluding hydrogens is 455 g/mol. The Balaban J connectivity index is 0.00000364. The molecule has 0 unspecified atom stereocenters. The number of rotatable bonds is 9. The molecule has 2 rings (SSSR count). The Morgan fingerprint density at radius 2 is 1.85 bits per heavy atom. The van der Waals surface area contributed by atoms with Crippen molar-refractivity contribution in [2.24, 2.45) is 10.9 Å². The van der Waals surface area contributed by atoms with Crippen LogP contribution in [0.4, 0.5) is 0 Å². The van der Waals surface area contributed by atoms with Crippen molar-refractivity contribution >= 4 is 29.9 Å². The van der Waals surface area contributed by atoms with Gasteiger partial charge in [-0.15, -0.1) is 24.0 Å². The quantitative estimate of drug-likeness (QED) is 0.316. The van der Waals surface area contributed by atoms with E-state index in [4.69, 9.17) is 9.47 Å². The summed E-state index contributed by atoms with van der Waals surface area (Å²) in [6, 6.07) is 8.21. The van der Waals surface area contributed by atoms with Crippen LogP contribution in [0.25, 0.3) is 0 Å². The SMILES string of the molecule is CN=C(NCCc1ccc(OC)cc1)NCC1CCN(CCOC)CC1.I. The maximum absolute atomic E-state index is 5.19. The highest BCUT2D eigenvalue weighted by atomic mass is 127. The Hall–Kier alpha value is -1.06. The third-order valence-corrected chi connectivity index (χ3v) is 4.97. The Morgan fingerprint density at radius 3 is 2.44 bits per heavy atom. The van der Waals surface area contributed by atoms with Crippen LogP contribution in [-0.2, 0) is 11.2 Å². The molecule has 1 saturated heterocycles. The average molecular weight is 490 g/mol. The van der Waals surface area contributed by atoms with Crippen molar-refractivity contribution in [1.29, 1.82) is 0 Å². The number of guanidine groups is 1. The van der Waals surface area contributed by atoms with E-state index in [9.17, 15) is 0 Å². The molecule has 0 aromatic heterocycles. The van der Waals surface area contributed by atoms with E-state index in [0.29, 0.717) is 5.92 Å². The monoisotopic (exact) mass is 490 g/mol. The lowest BCUT2D eigenvalue weighted by molar-refractivity contribution is 0.121. The zero-order chi connectivity index (χ0) is 18.6. The van der Waals surface area contributed by atoms with Crippen LogP contribution in [-0.4, -0.2) is 71.5 Å². The zero-order valence-corrected chi connectivity index (χ0v) is 19.2. The number of halogens is 1. The largest absolute Gasteiger partial charge is 0.497 e. The minimum atomic E-state index is 0. The van der Waals surface area contributed by atoms with Crippen molar-refractivity contribution in [3.63, 3.8) is 0 Å². The molecular formula is C20H35IN4O2. The number of nitrogens with zero attached hydrogens (tertiary/aromatic N) is 2. The summed E-state index contributed by atoms with van der Waals surface area (Å²) < 4.78 is 10.4. The fraction of sp³-hybridized carbons (Fsp3) is 0.650. The number of benzene rings is 1. The first-order chi connectivity index (χ1) is 12.7. The van der Waals surface area contributed by atoms with Gasteiger partial charge in [0.25, 0.3) is 0 Å². The molecule has 6 nitrogen and oxygen atoms in total. The summed E-state index contributed by atoms with van der Waals surface area (Å²) in [5.41, 5.74) is 1.29. The number of nitrogens with one attached hydrogen (secondary N) is 2. The molecule has 0 radical (unpaired) electrons. The minimum Gasteiger partial charge on any atom is -0.497 e. The van der Waals surface area contributed by atoms with Crippen LogP contribution in [0.15, 0.2) is 29.3 Å². The van der Waals surface area contributed by atoms with Crippen LogP contribution in [0.5, 0.6) is 5.75 Å². The first-order valence-corrected chi connectivity index (χ1v) is 9.54. The van der Waals surface area contributed by atoms with E-state index in [1.165, 1.54) is 31.5 Å². The summed E-state index contributed by atoms with van der Waals surface area (Å²) in [6.07, 6.45) is 3.43. The van der Waals surface area contributed by atoms with Crippen LogP contribution in [0.3, 0.4) is 0 Å². The summed E-state index contributed by atoms with van der Waals surface area (Å²) in [7, 11) is 5.29. The Morgan fingerprint density at radius 1 is 1.15 bits per heavy atom. The highest BCUT2D eigenvalue weighted by molar-refractivity contribution is 14.0. The van der Waals surface area contributed by atoms with Gasteiger partial charge in [0, 0.05) is 33.8 Å². The van der Waals surface area contributed by atoms with Gasteiger partial charge in [-0.2, -0.15) is 0 Å². The molecule has 1 aromatic rings. The number of hydrogen-bond donors (Lipinski definition) is 2. The number of piperidine rings is 1. The summed E-state index contributed by atoms with van der Waals surface area (Å²) >= 11 is 0. The molecule has 0 amide bonds. The van der Waals surface area contributed by atoms with Crippen molar-refractivity contribution in [3.05, 3.63) is 29.8 Å². The van der Waals surface area contributed by atoms with Gasteiger partial charge in [-0.05, 0) is 56.0 Å². The van der Waals surface area contributed by atoms with Gasteiger partial charge >= 0.3 is 0 Å². The van der Waals surface area contributed by atoms with E-state index in [-0.39, 0.29) is 24.0 Å². The lowest BCUT2D eigenvalue weighted by atomic mass is 9.97. The molecule has 2 N–H and O–H groups in total. The lowest BCUT2D eigenvalue weighted by Gasteiger charge is -2.32. The number of ether oxygens (including phenoxy) is 2. The lowest BCUT2D eigenvalue weighted by Crippen LogP contribution is -2.43. The first kappa shape index (κ1) is 24.0. The van der Waals surface area contributed by atoms with Crippen molar-refractivity contribution in [2.45, 2.75) is 19.3 Å². The summed E-state index contributed by atoms with van der Waals surface area (Å²) in [4.78, 5) is 6.82. The fourth-order valence-electron chi connectivity index (χ4n) is 3.21. The van der Waals surface area contributed by atoms with Crippen LogP contribution >= 0.6 is 24.0 Å².